The molecule has 2 atom stereocenters. The van der Waals surface area contributed by atoms with Gasteiger partial charge in [0.1, 0.15) is 6.10 Å². The normalized spacial score (nSPS) is 14.6. The Hall–Kier alpha value is -0.710. The third kappa shape index (κ3) is 3.90. The van der Waals surface area contributed by atoms with Crippen molar-refractivity contribution in [2.24, 2.45) is 5.92 Å². The van der Waals surface area contributed by atoms with Gasteiger partial charge in [0.2, 0.25) is 0 Å². The minimum Gasteiger partial charge on any atom is -0.390 e. The van der Waals surface area contributed by atoms with Crippen molar-refractivity contribution in [1.82, 2.24) is 0 Å². The van der Waals surface area contributed by atoms with Gasteiger partial charge in [0.15, 0.2) is 5.78 Å². The van der Waals surface area contributed by atoms with Crippen LogP contribution in [0.4, 0.5) is 0 Å². The highest BCUT2D eigenvalue weighted by Gasteiger charge is 2.18. The maximum Gasteiger partial charge on any atom is 0.165 e. The molecule has 0 radical (unpaired) electrons. The Morgan fingerprint density at radius 3 is 2.22 bits per heavy atom. The molecule has 4 heteroatoms. The van der Waals surface area contributed by atoms with E-state index in [4.69, 9.17) is 0 Å². The zero-order valence-electron chi connectivity index (χ0n) is 10.6. The maximum absolute atomic E-state index is 11.7. The summed E-state index contributed by atoms with van der Waals surface area (Å²) in [6.07, 6.45) is -1.23. The van der Waals surface area contributed by atoms with Crippen LogP contribution in [-0.2, 0) is 0 Å². The number of aliphatic hydroxyl groups is 2. The van der Waals surface area contributed by atoms with Crippen LogP contribution in [0.3, 0.4) is 0 Å². The van der Waals surface area contributed by atoms with Gasteiger partial charge >= 0.3 is 0 Å². The Morgan fingerprint density at radius 2 is 1.78 bits per heavy atom. The number of ketones is 1. The first kappa shape index (κ1) is 15.3. The summed E-state index contributed by atoms with van der Waals surface area (Å²) in [6.45, 7) is 3.70. The fourth-order valence-electron chi connectivity index (χ4n) is 1.67. The molecular weight excluding hydrogens is 296 g/mol. The minimum atomic E-state index is -0.911. The summed E-state index contributed by atoms with van der Waals surface area (Å²) in [5.74, 6) is 0.0387. The zero-order valence-corrected chi connectivity index (χ0v) is 12.2. The summed E-state index contributed by atoms with van der Waals surface area (Å²) in [5, 5.41) is 20.2. The standard InChI is InChI=1S/C14H19BrO3/c1-9(2)13(17)10-3-5-11(6-4-10)14(18)12(16)7-8-15/h3-6,9,12,14,16,18H,7-8H2,1-2H3. The summed E-state index contributed by atoms with van der Waals surface area (Å²) in [5.41, 5.74) is 1.26. The second-order valence-electron chi connectivity index (χ2n) is 4.63. The third-order valence-corrected chi connectivity index (χ3v) is 3.29. The summed E-state index contributed by atoms with van der Waals surface area (Å²) >= 11 is 3.22. The van der Waals surface area contributed by atoms with Crippen LogP contribution in [0, 0.1) is 5.92 Å². The lowest BCUT2D eigenvalue weighted by Crippen LogP contribution is -2.18. The maximum atomic E-state index is 11.7. The van der Waals surface area contributed by atoms with Gasteiger partial charge in [0, 0.05) is 16.8 Å². The number of benzene rings is 1. The third-order valence-electron chi connectivity index (χ3n) is 2.83. The van der Waals surface area contributed by atoms with Gasteiger partial charge in [-0.15, -0.1) is 0 Å². The number of rotatable bonds is 6. The minimum absolute atomic E-state index is 0.0419. The molecule has 1 aromatic carbocycles. The van der Waals surface area contributed by atoms with E-state index in [1.807, 2.05) is 13.8 Å². The first-order chi connectivity index (χ1) is 8.47. The Balaban J connectivity index is 2.79. The van der Waals surface area contributed by atoms with Crippen LogP contribution < -0.4 is 0 Å². The van der Waals surface area contributed by atoms with Crippen molar-refractivity contribution < 1.29 is 15.0 Å². The molecule has 0 heterocycles. The van der Waals surface area contributed by atoms with Crippen molar-refractivity contribution in [2.45, 2.75) is 32.5 Å². The van der Waals surface area contributed by atoms with E-state index in [-0.39, 0.29) is 11.7 Å². The number of carbonyl (C=O) groups is 1. The molecule has 0 amide bonds. The van der Waals surface area contributed by atoms with E-state index in [0.29, 0.717) is 22.9 Å². The summed E-state index contributed by atoms with van der Waals surface area (Å²) in [4.78, 5) is 11.7. The molecule has 2 N–H and O–H groups in total. The van der Waals surface area contributed by atoms with Gasteiger partial charge in [-0.05, 0) is 12.0 Å². The van der Waals surface area contributed by atoms with Gasteiger partial charge in [-0.3, -0.25) is 4.79 Å². The molecule has 1 rings (SSSR count). The first-order valence-electron chi connectivity index (χ1n) is 6.03. The van der Waals surface area contributed by atoms with Crippen LogP contribution >= 0.6 is 15.9 Å². The van der Waals surface area contributed by atoms with E-state index >= 15 is 0 Å². The Morgan fingerprint density at radius 1 is 1.22 bits per heavy atom. The van der Waals surface area contributed by atoms with Crippen molar-refractivity contribution in [3.8, 4) is 0 Å². The van der Waals surface area contributed by atoms with Crippen LogP contribution in [0.2, 0.25) is 0 Å². The molecule has 100 valence electrons. The lowest BCUT2D eigenvalue weighted by Gasteiger charge is -2.17. The van der Waals surface area contributed by atoms with Gasteiger partial charge in [-0.25, -0.2) is 0 Å². The van der Waals surface area contributed by atoms with Crippen molar-refractivity contribution in [3.05, 3.63) is 35.4 Å². The number of aliphatic hydroxyl groups excluding tert-OH is 2. The second-order valence-corrected chi connectivity index (χ2v) is 5.42. The van der Waals surface area contributed by atoms with Crippen molar-refractivity contribution in [1.29, 1.82) is 0 Å². The zero-order chi connectivity index (χ0) is 13.7. The van der Waals surface area contributed by atoms with E-state index < -0.39 is 12.2 Å². The van der Waals surface area contributed by atoms with E-state index in [1.165, 1.54) is 0 Å². The van der Waals surface area contributed by atoms with Gasteiger partial charge in [0.05, 0.1) is 6.10 Å². The number of carbonyl (C=O) groups excluding carboxylic acids is 1. The number of hydrogen-bond donors (Lipinski definition) is 2. The van der Waals surface area contributed by atoms with Crippen LogP contribution in [0.5, 0.6) is 0 Å². The van der Waals surface area contributed by atoms with Crippen LogP contribution in [0.1, 0.15) is 42.3 Å². The topological polar surface area (TPSA) is 57.5 Å². The quantitative estimate of drug-likeness (QED) is 0.627. The highest BCUT2D eigenvalue weighted by molar-refractivity contribution is 9.09. The van der Waals surface area contributed by atoms with Crippen molar-refractivity contribution >= 4 is 21.7 Å². The van der Waals surface area contributed by atoms with E-state index in [9.17, 15) is 15.0 Å². The van der Waals surface area contributed by atoms with E-state index in [1.54, 1.807) is 24.3 Å². The Kier molecular flexibility index (Phi) is 5.99. The monoisotopic (exact) mass is 314 g/mol. The lowest BCUT2D eigenvalue weighted by atomic mass is 9.97. The van der Waals surface area contributed by atoms with Crippen LogP contribution in [-0.4, -0.2) is 27.4 Å². The van der Waals surface area contributed by atoms with E-state index in [2.05, 4.69) is 15.9 Å². The number of alkyl halides is 1. The molecule has 0 aromatic heterocycles. The first-order valence-corrected chi connectivity index (χ1v) is 7.15. The van der Waals surface area contributed by atoms with Gasteiger partial charge < -0.3 is 10.2 Å². The largest absolute Gasteiger partial charge is 0.390 e. The van der Waals surface area contributed by atoms with E-state index in [0.717, 1.165) is 0 Å². The predicted octanol–water partition coefficient (Wildman–Crippen LogP) is 2.70. The predicted molar refractivity (Wildman–Crippen MR) is 75.0 cm³/mol. The molecule has 2 unspecified atom stereocenters. The lowest BCUT2D eigenvalue weighted by molar-refractivity contribution is 0.0173. The number of Topliss-reactive ketones (excluding diaryl/α,β-unsaturated/α-hetero) is 1. The highest BCUT2D eigenvalue weighted by Crippen LogP contribution is 2.20. The average Bonchev–Trinajstić information content (AvgIpc) is 2.37. The molecular formula is C14H19BrO3. The smallest absolute Gasteiger partial charge is 0.165 e. The summed E-state index contributed by atoms with van der Waals surface area (Å²) in [6, 6.07) is 6.78. The molecule has 0 spiro atoms. The molecule has 0 aliphatic heterocycles. The fraction of sp³-hybridized carbons (Fsp3) is 0.500. The molecule has 0 aliphatic carbocycles. The van der Waals surface area contributed by atoms with Crippen LogP contribution in [0.15, 0.2) is 24.3 Å². The van der Waals surface area contributed by atoms with Gasteiger partial charge in [-0.1, -0.05) is 54.0 Å². The summed E-state index contributed by atoms with van der Waals surface area (Å²) < 4.78 is 0. The Bertz CT molecular complexity index is 387. The highest BCUT2D eigenvalue weighted by atomic mass is 79.9. The Labute approximate surface area is 116 Å². The average molecular weight is 315 g/mol. The van der Waals surface area contributed by atoms with Gasteiger partial charge in [-0.2, -0.15) is 0 Å². The SMILES string of the molecule is CC(C)C(=O)c1ccc(C(O)C(O)CCBr)cc1. The molecule has 18 heavy (non-hydrogen) atoms. The van der Waals surface area contributed by atoms with Crippen molar-refractivity contribution in [3.63, 3.8) is 0 Å². The molecule has 1 aromatic rings. The molecule has 0 aliphatic rings. The van der Waals surface area contributed by atoms with Crippen LogP contribution in [0.25, 0.3) is 0 Å². The molecule has 0 saturated carbocycles. The fourth-order valence-corrected chi connectivity index (χ4v) is 2.14. The molecule has 0 saturated heterocycles. The van der Waals surface area contributed by atoms with Gasteiger partial charge in [0.25, 0.3) is 0 Å². The summed E-state index contributed by atoms with van der Waals surface area (Å²) in [7, 11) is 0. The molecule has 3 nitrogen and oxygen atoms in total. The second kappa shape index (κ2) is 7.02. The molecule has 0 bridgehead atoms. The molecule has 0 fully saturated rings. The number of halogens is 1. The van der Waals surface area contributed by atoms with Crippen molar-refractivity contribution in [2.75, 3.05) is 5.33 Å². The number of hydrogen-bond acceptors (Lipinski definition) is 3.